The van der Waals surface area contributed by atoms with Crippen LogP contribution in [0.4, 0.5) is 0 Å². The topological polar surface area (TPSA) is 13.1 Å². The van der Waals surface area contributed by atoms with Crippen LogP contribution < -0.4 is 9.30 Å². The van der Waals surface area contributed by atoms with Crippen molar-refractivity contribution in [2.24, 2.45) is 0 Å². The lowest BCUT2D eigenvalue weighted by molar-refractivity contribution is -0.664. The Kier molecular flexibility index (Phi) is 6.09. The summed E-state index contributed by atoms with van der Waals surface area (Å²) < 4.78 is 9.03. The van der Waals surface area contributed by atoms with Crippen molar-refractivity contribution in [2.45, 2.75) is 52.5 Å². The molecule has 3 heteroatoms. The highest BCUT2D eigenvalue weighted by molar-refractivity contribution is 7.18. The molecule has 0 aliphatic heterocycles. The van der Waals surface area contributed by atoms with Crippen molar-refractivity contribution in [1.29, 1.82) is 0 Å². The first-order chi connectivity index (χ1) is 12.2. The molecule has 0 N–H and O–H groups in total. The molecule has 0 unspecified atom stereocenters. The summed E-state index contributed by atoms with van der Waals surface area (Å²) in [5.74, 6) is 0.924. The van der Waals surface area contributed by atoms with Crippen molar-refractivity contribution in [2.75, 3.05) is 7.11 Å². The molecule has 0 bridgehead atoms. The van der Waals surface area contributed by atoms with Crippen LogP contribution >= 0.6 is 11.3 Å². The summed E-state index contributed by atoms with van der Waals surface area (Å²) in [6.07, 6.45) is 6.50. The van der Waals surface area contributed by atoms with Gasteiger partial charge in [0.1, 0.15) is 10.4 Å². The van der Waals surface area contributed by atoms with Crippen molar-refractivity contribution in [3.05, 3.63) is 58.6 Å². The second kappa shape index (κ2) is 8.48. The van der Waals surface area contributed by atoms with Crippen LogP contribution in [-0.4, -0.2) is 7.11 Å². The first-order valence-electron chi connectivity index (χ1n) is 9.26. The summed E-state index contributed by atoms with van der Waals surface area (Å²) in [5.41, 5.74) is 4.11. The SMILES string of the molecule is CCCCCCc1ccc(C[n+]2c(C)sc3cc(OC)ccc32)cc1. The zero-order valence-electron chi connectivity index (χ0n) is 15.5. The van der Waals surface area contributed by atoms with E-state index in [1.807, 2.05) is 17.4 Å². The van der Waals surface area contributed by atoms with Gasteiger partial charge in [0.2, 0.25) is 10.5 Å². The zero-order valence-corrected chi connectivity index (χ0v) is 16.4. The van der Waals surface area contributed by atoms with Crippen molar-refractivity contribution in [3.63, 3.8) is 0 Å². The quantitative estimate of drug-likeness (QED) is 0.375. The second-order valence-electron chi connectivity index (χ2n) is 6.67. The maximum Gasteiger partial charge on any atom is 0.235 e. The van der Waals surface area contributed by atoms with E-state index < -0.39 is 0 Å². The number of unbranched alkanes of at least 4 members (excludes halogenated alkanes) is 3. The standard InChI is InChI=1S/C22H28NOS/c1-4-5-6-7-8-18-9-11-19(12-10-18)16-23-17(2)25-22-15-20(24-3)13-14-21(22)23/h9-15H,4-8,16H2,1-3H3/q+1. The number of aromatic nitrogens is 1. The molecular formula is C22H28NOS+. The van der Waals surface area contributed by atoms with Gasteiger partial charge in [-0.3, -0.25) is 0 Å². The monoisotopic (exact) mass is 354 g/mol. The van der Waals surface area contributed by atoms with Crippen LogP contribution in [-0.2, 0) is 13.0 Å². The Hall–Kier alpha value is -1.87. The van der Waals surface area contributed by atoms with E-state index in [0.717, 1.165) is 12.3 Å². The first-order valence-corrected chi connectivity index (χ1v) is 10.1. The number of fused-ring (bicyclic) bond motifs is 1. The predicted molar refractivity (Wildman–Crippen MR) is 107 cm³/mol. The molecule has 0 aliphatic carbocycles. The highest BCUT2D eigenvalue weighted by Gasteiger charge is 2.18. The minimum Gasteiger partial charge on any atom is -0.497 e. The number of hydrogen-bond acceptors (Lipinski definition) is 2. The maximum atomic E-state index is 5.35. The molecule has 0 fully saturated rings. The third kappa shape index (κ3) is 4.40. The van der Waals surface area contributed by atoms with Crippen LogP contribution in [0.15, 0.2) is 42.5 Å². The fraction of sp³-hybridized carbons (Fsp3) is 0.409. The molecule has 1 aromatic heterocycles. The smallest absolute Gasteiger partial charge is 0.235 e. The van der Waals surface area contributed by atoms with Gasteiger partial charge in [0, 0.05) is 24.6 Å². The van der Waals surface area contributed by atoms with Crippen LogP contribution in [0, 0.1) is 6.92 Å². The van der Waals surface area contributed by atoms with E-state index >= 15 is 0 Å². The summed E-state index contributed by atoms with van der Waals surface area (Å²) in [7, 11) is 1.72. The second-order valence-corrected chi connectivity index (χ2v) is 7.90. The summed E-state index contributed by atoms with van der Waals surface area (Å²) in [6.45, 7) is 5.38. The molecule has 2 aromatic carbocycles. The van der Waals surface area contributed by atoms with E-state index in [9.17, 15) is 0 Å². The molecule has 0 amide bonds. The number of aryl methyl sites for hydroxylation is 2. The van der Waals surface area contributed by atoms with E-state index in [0.29, 0.717) is 0 Å². The Morgan fingerprint density at radius 1 is 0.960 bits per heavy atom. The fourth-order valence-electron chi connectivity index (χ4n) is 3.26. The van der Waals surface area contributed by atoms with E-state index in [2.05, 4.69) is 54.8 Å². The number of nitrogens with zero attached hydrogens (tertiary/aromatic N) is 1. The molecule has 0 aliphatic rings. The largest absolute Gasteiger partial charge is 0.497 e. The number of rotatable bonds is 8. The Bertz CT molecular complexity index is 820. The Labute approximate surface area is 155 Å². The van der Waals surface area contributed by atoms with Gasteiger partial charge in [-0.15, -0.1) is 0 Å². The third-order valence-corrected chi connectivity index (χ3v) is 5.84. The summed E-state index contributed by atoms with van der Waals surface area (Å²) >= 11 is 1.83. The molecule has 3 rings (SSSR count). The van der Waals surface area contributed by atoms with Crippen LogP contribution in [0.2, 0.25) is 0 Å². The highest BCUT2D eigenvalue weighted by Crippen LogP contribution is 2.25. The van der Waals surface area contributed by atoms with Crippen molar-refractivity contribution in [3.8, 4) is 5.75 Å². The maximum absolute atomic E-state index is 5.35. The van der Waals surface area contributed by atoms with Gasteiger partial charge in [0.15, 0.2) is 6.54 Å². The summed E-state index contributed by atoms with van der Waals surface area (Å²) in [5, 5.41) is 1.33. The number of benzene rings is 2. The van der Waals surface area contributed by atoms with Gasteiger partial charge in [-0.25, -0.2) is 0 Å². The molecule has 25 heavy (non-hydrogen) atoms. The number of ether oxygens (including phenoxy) is 1. The third-order valence-electron chi connectivity index (χ3n) is 4.78. The van der Waals surface area contributed by atoms with Gasteiger partial charge in [-0.05, 0) is 24.5 Å². The van der Waals surface area contributed by atoms with Gasteiger partial charge in [0.05, 0.1) is 7.11 Å². The van der Waals surface area contributed by atoms with Gasteiger partial charge >= 0.3 is 0 Å². The Morgan fingerprint density at radius 3 is 2.44 bits per heavy atom. The first kappa shape index (κ1) is 17.9. The molecule has 0 atom stereocenters. The number of hydrogen-bond donors (Lipinski definition) is 0. The van der Waals surface area contributed by atoms with E-state index in [1.165, 1.54) is 58.5 Å². The molecule has 132 valence electrons. The van der Waals surface area contributed by atoms with Gasteiger partial charge in [-0.2, -0.15) is 4.57 Å². The molecule has 1 heterocycles. The Balaban J connectivity index is 1.72. The van der Waals surface area contributed by atoms with Crippen LogP contribution in [0.1, 0.15) is 48.7 Å². The summed E-state index contributed by atoms with van der Waals surface area (Å²) in [4.78, 5) is 0. The zero-order chi connectivity index (χ0) is 17.6. The average Bonchev–Trinajstić information content (AvgIpc) is 2.94. The highest BCUT2D eigenvalue weighted by atomic mass is 32.1. The molecule has 0 radical (unpaired) electrons. The number of methoxy groups -OCH3 is 1. The molecular weight excluding hydrogens is 326 g/mol. The molecule has 0 spiro atoms. The van der Waals surface area contributed by atoms with Gasteiger partial charge < -0.3 is 4.74 Å². The molecule has 0 saturated carbocycles. The summed E-state index contributed by atoms with van der Waals surface area (Å²) in [6, 6.07) is 15.5. The Morgan fingerprint density at radius 2 is 1.72 bits per heavy atom. The van der Waals surface area contributed by atoms with Crippen molar-refractivity contribution < 1.29 is 9.30 Å². The van der Waals surface area contributed by atoms with Crippen LogP contribution in [0.5, 0.6) is 5.75 Å². The molecule has 3 aromatic rings. The molecule has 2 nitrogen and oxygen atoms in total. The lowest BCUT2D eigenvalue weighted by Gasteiger charge is -2.03. The minimum absolute atomic E-state index is 0.924. The van der Waals surface area contributed by atoms with Crippen LogP contribution in [0.3, 0.4) is 0 Å². The predicted octanol–water partition coefficient (Wildman–Crippen LogP) is 5.68. The van der Waals surface area contributed by atoms with Crippen molar-refractivity contribution in [1.82, 2.24) is 0 Å². The number of thiazole rings is 1. The lowest BCUT2D eigenvalue weighted by Crippen LogP contribution is -2.35. The van der Waals surface area contributed by atoms with Crippen molar-refractivity contribution >= 4 is 21.6 Å². The van der Waals surface area contributed by atoms with Crippen LogP contribution in [0.25, 0.3) is 10.2 Å². The minimum atomic E-state index is 0.924. The van der Waals surface area contributed by atoms with Gasteiger partial charge in [-0.1, -0.05) is 61.8 Å². The molecule has 0 saturated heterocycles. The fourth-order valence-corrected chi connectivity index (χ4v) is 4.31. The lowest BCUT2D eigenvalue weighted by atomic mass is 10.0. The van der Waals surface area contributed by atoms with E-state index in [-0.39, 0.29) is 0 Å². The van der Waals surface area contributed by atoms with Gasteiger partial charge in [0.25, 0.3) is 0 Å². The van der Waals surface area contributed by atoms with E-state index in [1.54, 1.807) is 7.11 Å². The normalized spacial score (nSPS) is 11.2. The average molecular weight is 355 g/mol. The van der Waals surface area contributed by atoms with E-state index in [4.69, 9.17) is 4.74 Å².